The molecule has 19 heavy (non-hydrogen) atoms. The maximum absolute atomic E-state index is 11.9. The van der Waals surface area contributed by atoms with Gasteiger partial charge in [0.1, 0.15) is 5.75 Å². The number of rotatable bonds is 4. The van der Waals surface area contributed by atoms with Gasteiger partial charge in [0, 0.05) is 19.1 Å². The predicted molar refractivity (Wildman–Crippen MR) is 75.2 cm³/mol. The van der Waals surface area contributed by atoms with Crippen LogP contribution in [0.25, 0.3) is 0 Å². The van der Waals surface area contributed by atoms with Crippen molar-refractivity contribution < 1.29 is 9.53 Å². The zero-order chi connectivity index (χ0) is 13.8. The monoisotopic (exact) mass is 262 g/mol. The van der Waals surface area contributed by atoms with Gasteiger partial charge in [0.15, 0.2) is 0 Å². The molecule has 0 bridgehead atoms. The van der Waals surface area contributed by atoms with Crippen LogP contribution in [0, 0.1) is 13.8 Å². The number of carbonyl (C=O) groups excluding carboxylic acids is 1. The molecule has 4 nitrogen and oxygen atoms in total. The van der Waals surface area contributed by atoms with Gasteiger partial charge in [0.2, 0.25) is 5.91 Å². The third-order valence-electron chi connectivity index (χ3n) is 3.48. The second kappa shape index (κ2) is 6.06. The second-order valence-corrected chi connectivity index (χ2v) is 5.26. The van der Waals surface area contributed by atoms with Crippen LogP contribution in [-0.2, 0) is 4.79 Å². The van der Waals surface area contributed by atoms with Crippen LogP contribution in [0.2, 0.25) is 0 Å². The van der Waals surface area contributed by atoms with Gasteiger partial charge < -0.3 is 15.4 Å². The molecule has 0 saturated carbocycles. The molecule has 1 fully saturated rings. The third kappa shape index (κ3) is 3.70. The fourth-order valence-corrected chi connectivity index (χ4v) is 2.38. The fourth-order valence-electron chi connectivity index (χ4n) is 2.38. The van der Waals surface area contributed by atoms with Crippen molar-refractivity contribution >= 4 is 5.91 Å². The van der Waals surface area contributed by atoms with Gasteiger partial charge in [-0.3, -0.25) is 4.79 Å². The summed E-state index contributed by atoms with van der Waals surface area (Å²) < 4.78 is 5.67. The molecule has 1 aromatic rings. The number of amides is 1. The summed E-state index contributed by atoms with van der Waals surface area (Å²) in [6.07, 6.45) is 1.32. The van der Waals surface area contributed by atoms with E-state index in [9.17, 15) is 4.79 Å². The topological polar surface area (TPSA) is 55.6 Å². The predicted octanol–water partition coefficient (Wildman–Crippen LogP) is 1.63. The average Bonchev–Trinajstić information content (AvgIpc) is 2.78. The Hall–Kier alpha value is -1.55. The van der Waals surface area contributed by atoms with Crippen molar-refractivity contribution in [2.24, 2.45) is 5.73 Å². The van der Waals surface area contributed by atoms with Crippen LogP contribution in [-0.4, -0.2) is 36.5 Å². The maximum Gasteiger partial charge on any atom is 0.226 e. The Labute approximate surface area is 114 Å². The molecule has 1 aromatic carbocycles. The quantitative estimate of drug-likeness (QED) is 0.897. The smallest absolute Gasteiger partial charge is 0.226 e. The van der Waals surface area contributed by atoms with Crippen molar-refractivity contribution in [2.75, 3.05) is 19.7 Å². The molecule has 0 aromatic heterocycles. The van der Waals surface area contributed by atoms with Gasteiger partial charge >= 0.3 is 0 Å². The molecule has 1 heterocycles. The Morgan fingerprint density at radius 1 is 1.47 bits per heavy atom. The lowest BCUT2D eigenvalue weighted by Crippen LogP contribution is -2.32. The zero-order valence-electron chi connectivity index (χ0n) is 11.7. The lowest BCUT2D eigenvalue weighted by molar-refractivity contribution is -0.130. The van der Waals surface area contributed by atoms with Crippen LogP contribution in [0.3, 0.4) is 0 Å². The summed E-state index contributed by atoms with van der Waals surface area (Å²) in [6.45, 7) is 5.96. The van der Waals surface area contributed by atoms with E-state index >= 15 is 0 Å². The van der Waals surface area contributed by atoms with Crippen LogP contribution in [0.15, 0.2) is 18.2 Å². The van der Waals surface area contributed by atoms with Gasteiger partial charge in [-0.25, -0.2) is 0 Å². The number of carbonyl (C=O) groups is 1. The first kappa shape index (κ1) is 13.9. The van der Waals surface area contributed by atoms with Gasteiger partial charge in [-0.05, 0) is 31.9 Å². The van der Waals surface area contributed by atoms with Gasteiger partial charge in [0.25, 0.3) is 0 Å². The van der Waals surface area contributed by atoms with Gasteiger partial charge in [-0.1, -0.05) is 17.7 Å². The number of hydrogen-bond acceptors (Lipinski definition) is 3. The van der Waals surface area contributed by atoms with Crippen LogP contribution < -0.4 is 10.5 Å². The Morgan fingerprint density at radius 3 is 2.89 bits per heavy atom. The number of nitrogens with zero attached hydrogens (tertiary/aromatic N) is 1. The molecule has 2 N–H and O–H groups in total. The van der Waals surface area contributed by atoms with Gasteiger partial charge in [-0.2, -0.15) is 0 Å². The van der Waals surface area contributed by atoms with E-state index in [1.54, 1.807) is 0 Å². The number of likely N-dealkylation sites (tertiary alicyclic amines) is 1. The molecule has 0 radical (unpaired) electrons. The lowest BCUT2D eigenvalue weighted by atomic mass is 10.1. The molecule has 1 saturated heterocycles. The molecule has 0 aliphatic carbocycles. The van der Waals surface area contributed by atoms with E-state index in [-0.39, 0.29) is 11.9 Å². The average molecular weight is 262 g/mol. The molecule has 1 aliphatic rings. The fraction of sp³-hybridized carbons (Fsp3) is 0.533. The van der Waals surface area contributed by atoms with E-state index < -0.39 is 0 Å². The normalized spacial score (nSPS) is 18.7. The molecule has 2 rings (SSSR count). The summed E-state index contributed by atoms with van der Waals surface area (Å²) in [5, 5.41) is 0. The highest BCUT2D eigenvalue weighted by atomic mass is 16.5. The molecular formula is C15H22N2O2. The number of ether oxygens (including phenoxy) is 1. The minimum absolute atomic E-state index is 0.137. The van der Waals surface area contributed by atoms with E-state index in [2.05, 4.69) is 13.0 Å². The molecular weight excluding hydrogens is 240 g/mol. The first-order chi connectivity index (χ1) is 9.06. The molecule has 104 valence electrons. The maximum atomic E-state index is 11.9. The Balaban J connectivity index is 1.78. The van der Waals surface area contributed by atoms with Crippen LogP contribution in [0.1, 0.15) is 24.0 Å². The van der Waals surface area contributed by atoms with Crippen molar-refractivity contribution in [3.05, 3.63) is 29.3 Å². The zero-order valence-corrected chi connectivity index (χ0v) is 11.7. The summed E-state index contributed by atoms with van der Waals surface area (Å²) in [4.78, 5) is 13.7. The summed E-state index contributed by atoms with van der Waals surface area (Å²) >= 11 is 0. The number of nitrogens with two attached hydrogens (primary N) is 1. The highest BCUT2D eigenvalue weighted by molar-refractivity contribution is 5.76. The van der Waals surface area contributed by atoms with E-state index in [0.717, 1.165) is 24.3 Å². The molecule has 1 aliphatic heterocycles. The van der Waals surface area contributed by atoms with Gasteiger partial charge in [0.05, 0.1) is 13.0 Å². The SMILES string of the molecule is Cc1ccc(OCCC(=O)N2CC[C@@H](N)C2)c(C)c1. The second-order valence-electron chi connectivity index (χ2n) is 5.26. The van der Waals surface area contributed by atoms with Crippen molar-refractivity contribution in [2.45, 2.75) is 32.7 Å². The largest absolute Gasteiger partial charge is 0.493 e. The Kier molecular flexibility index (Phi) is 4.43. The van der Waals surface area contributed by atoms with Crippen molar-refractivity contribution in [3.8, 4) is 5.75 Å². The minimum Gasteiger partial charge on any atom is -0.493 e. The van der Waals surface area contributed by atoms with E-state index in [1.165, 1.54) is 5.56 Å². The van der Waals surface area contributed by atoms with Crippen LogP contribution in [0.4, 0.5) is 0 Å². The molecule has 0 spiro atoms. The Bertz CT molecular complexity index is 459. The highest BCUT2D eigenvalue weighted by Gasteiger charge is 2.23. The summed E-state index contributed by atoms with van der Waals surface area (Å²) in [6, 6.07) is 6.20. The standard InChI is InChI=1S/C15H22N2O2/c1-11-3-4-14(12(2)9-11)19-8-6-15(18)17-7-5-13(16)10-17/h3-4,9,13H,5-8,10,16H2,1-2H3/t13-/m1/s1. The summed E-state index contributed by atoms with van der Waals surface area (Å²) in [7, 11) is 0. The molecule has 1 atom stereocenters. The van der Waals surface area contributed by atoms with E-state index in [0.29, 0.717) is 19.6 Å². The first-order valence-electron chi connectivity index (χ1n) is 6.79. The molecule has 4 heteroatoms. The third-order valence-corrected chi connectivity index (χ3v) is 3.48. The van der Waals surface area contributed by atoms with Crippen molar-refractivity contribution in [3.63, 3.8) is 0 Å². The molecule has 0 unspecified atom stereocenters. The van der Waals surface area contributed by atoms with Crippen LogP contribution in [0.5, 0.6) is 5.75 Å². The summed E-state index contributed by atoms with van der Waals surface area (Å²) in [5.74, 6) is 0.995. The summed E-state index contributed by atoms with van der Waals surface area (Å²) in [5.41, 5.74) is 8.11. The minimum atomic E-state index is 0.137. The van der Waals surface area contributed by atoms with Crippen molar-refractivity contribution in [1.29, 1.82) is 0 Å². The lowest BCUT2D eigenvalue weighted by Gasteiger charge is -2.16. The van der Waals surface area contributed by atoms with Gasteiger partial charge in [-0.15, -0.1) is 0 Å². The van der Waals surface area contributed by atoms with Crippen LogP contribution >= 0.6 is 0 Å². The number of hydrogen-bond donors (Lipinski definition) is 1. The number of benzene rings is 1. The van der Waals surface area contributed by atoms with E-state index in [4.69, 9.17) is 10.5 Å². The first-order valence-corrected chi connectivity index (χ1v) is 6.79. The van der Waals surface area contributed by atoms with E-state index in [1.807, 2.05) is 24.0 Å². The molecule has 1 amide bonds. The highest BCUT2D eigenvalue weighted by Crippen LogP contribution is 2.19. The number of aryl methyl sites for hydroxylation is 2. The Morgan fingerprint density at radius 2 is 2.26 bits per heavy atom. The van der Waals surface area contributed by atoms with Crippen molar-refractivity contribution in [1.82, 2.24) is 4.90 Å².